The number of benzene rings is 1. The standard InChI is InChI=1S/C11H17NO/c1-3-6-10(12)9-7-4-5-8-11(9)13-2/h4-5,7-8,10H,3,6,12H2,1-2H3/t10-/m1/s1. The Bertz CT molecular complexity index is 260. The Morgan fingerprint density at radius 2 is 2.08 bits per heavy atom. The SMILES string of the molecule is CCC[C@@H](N)c1ccccc1OC. The Morgan fingerprint density at radius 1 is 1.38 bits per heavy atom. The number of nitrogens with two attached hydrogens (primary N) is 1. The maximum atomic E-state index is 6.00. The van der Waals surface area contributed by atoms with Gasteiger partial charge in [-0.3, -0.25) is 0 Å². The van der Waals surface area contributed by atoms with Crippen molar-refractivity contribution in [3.8, 4) is 5.75 Å². The fourth-order valence-corrected chi connectivity index (χ4v) is 1.44. The topological polar surface area (TPSA) is 35.2 Å². The molecule has 2 heteroatoms. The molecule has 2 N–H and O–H groups in total. The molecule has 0 aromatic heterocycles. The van der Waals surface area contributed by atoms with Crippen molar-refractivity contribution in [2.75, 3.05) is 7.11 Å². The van der Waals surface area contributed by atoms with Gasteiger partial charge in [0.1, 0.15) is 5.75 Å². The first-order chi connectivity index (χ1) is 6.29. The van der Waals surface area contributed by atoms with Crippen molar-refractivity contribution in [3.63, 3.8) is 0 Å². The summed E-state index contributed by atoms with van der Waals surface area (Å²) in [5.74, 6) is 0.892. The zero-order valence-electron chi connectivity index (χ0n) is 8.29. The van der Waals surface area contributed by atoms with E-state index < -0.39 is 0 Å². The number of para-hydroxylation sites is 1. The molecule has 0 fully saturated rings. The summed E-state index contributed by atoms with van der Waals surface area (Å²) in [5, 5.41) is 0. The smallest absolute Gasteiger partial charge is 0.123 e. The Balaban J connectivity index is 2.85. The second-order valence-electron chi connectivity index (χ2n) is 3.14. The molecule has 1 aromatic rings. The number of hydrogen-bond donors (Lipinski definition) is 1. The van der Waals surface area contributed by atoms with E-state index >= 15 is 0 Å². The average molecular weight is 179 g/mol. The molecule has 0 amide bonds. The zero-order valence-corrected chi connectivity index (χ0v) is 8.29. The molecule has 0 radical (unpaired) electrons. The molecule has 0 unspecified atom stereocenters. The van der Waals surface area contributed by atoms with Crippen LogP contribution in [0.3, 0.4) is 0 Å². The van der Waals surface area contributed by atoms with Crippen LogP contribution in [0.5, 0.6) is 5.75 Å². The first kappa shape index (κ1) is 10.1. The van der Waals surface area contributed by atoms with Crippen molar-refractivity contribution in [3.05, 3.63) is 29.8 Å². The van der Waals surface area contributed by atoms with Gasteiger partial charge in [0, 0.05) is 11.6 Å². The molecule has 0 saturated heterocycles. The highest BCUT2D eigenvalue weighted by Gasteiger charge is 2.09. The molecule has 0 bridgehead atoms. The van der Waals surface area contributed by atoms with Crippen molar-refractivity contribution in [2.45, 2.75) is 25.8 Å². The highest BCUT2D eigenvalue weighted by molar-refractivity contribution is 5.35. The van der Waals surface area contributed by atoms with Crippen LogP contribution in [-0.2, 0) is 0 Å². The van der Waals surface area contributed by atoms with Crippen molar-refractivity contribution in [2.24, 2.45) is 5.73 Å². The second kappa shape index (κ2) is 4.87. The number of methoxy groups -OCH3 is 1. The highest BCUT2D eigenvalue weighted by Crippen LogP contribution is 2.25. The summed E-state index contributed by atoms with van der Waals surface area (Å²) < 4.78 is 5.23. The van der Waals surface area contributed by atoms with E-state index in [0.717, 1.165) is 24.2 Å². The number of hydrogen-bond acceptors (Lipinski definition) is 2. The third kappa shape index (κ3) is 2.46. The minimum Gasteiger partial charge on any atom is -0.496 e. The first-order valence-electron chi connectivity index (χ1n) is 4.68. The first-order valence-corrected chi connectivity index (χ1v) is 4.68. The van der Waals surface area contributed by atoms with E-state index in [2.05, 4.69) is 6.92 Å². The van der Waals surface area contributed by atoms with Crippen LogP contribution in [0, 0.1) is 0 Å². The molecule has 72 valence electrons. The van der Waals surface area contributed by atoms with Gasteiger partial charge in [-0.2, -0.15) is 0 Å². The zero-order chi connectivity index (χ0) is 9.68. The molecule has 0 aliphatic carbocycles. The van der Waals surface area contributed by atoms with E-state index in [1.165, 1.54) is 0 Å². The van der Waals surface area contributed by atoms with Gasteiger partial charge in [0.05, 0.1) is 7.11 Å². The van der Waals surface area contributed by atoms with E-state index in [1.54, 1.807) is 7.11 Å². The summed E-state index contributed by atoms with van der Waals surface area (Å²) in [6, 6.07) is 8.03. The molecular weight excluding hydrogens is 162 g/mol. The van der Waals surface area contributed by atoms with Crippen LogP contribution in [-0.4, -0.2) is 7.11 Å². The second-order valence-corrected chi connectivity index (χ2v) is 3.14. The molecule has 13 heavy (non-hydrogen) atoms. The van der Waals surface area contributed by atoms with Crippen molar-refractivity contribution in [1.82, 2.24) is 0 Å². The van der Waals surface area contributed by atoms with Crippen molar-refractivity contribution >= 4 is 0 Å². The molecule has 1 aromatic carbocycles. The van der Waals surface area contributed by atoms with E-state index in [0.29, 0.717) is 0 Å². The van der Waals surface area contributed by atoms with Crippen molar-refractivity contribution in [1.29, 1.82) is 0 Å². The molecule has 0 heterocycles. The van der Waals surface area contributed by atoms with Gasteiger partial charge in [0.25, 0.3) is 0 Å². The van der Waals surface area contributed by atoms with Gasteiger partial charge in [-0.15, -0.1) is 0 Å². The molecule has 0 aliphatic heterocycles. The Kier molecular flexibility index (Phi) is 3.77. The number of rotatable bonds is 4. The molecule has 0 saturated carbocycles. The predicted octanol–water partition coefficient (Wildman–Crippen LogP) is 2.50. The summed E-state index contributed by atoms with van der Waals surface area (Å²) in [6.45, 7) is 2.13. The Labute approximate surface area is 79.7 Å². The normalized spacial score (nSPS) is 12.5. The third-order valence-corrected chi connectivity index (χ3v) is 2.14. The lowest BCUT2D eigenvalue weighted by Gasteiger charge is -2.14. The summed E-state index contributed by atoms with van der Waals surface area (Å²) in [6.07, 6.45) is 2.10. The van der Waals surface area contributed by atoms with E-state index in [9.17, 15) is 0 Å². The lowest BCUT2D eigenvalue weighted by atomic mass is 10.0. The van der Waals surface area contributed by atoms with Gasteiger partial charge in [0.2, 0.25) is 0 Å². The minimum absolute atomic E-state index is 0.0983. The van der Waals surface area contributed by atoms with Gasteiger partial charge in [0.15, 0.2) is 0 Å². The molecule has 1 rings (SSSR count). The number of ether oxygens (including phenoxy) is 1. The maximum Gasteiger partial charge on any atom is 0.123 e. The lowest BCUT2D eigenvalue weighted by molar-refractivity contribution is 0.404. The lowest BCUT2D eigenvalue weighted by Crippen LogP contribution is -2.10. The van der Waals surface area contributed by atoms with Crippen LogP contribution in [0.25, 0.3) is 0 Å². The van der Waals surface area contributed by atoms with Crippen LogP contribution in [0.1, 0.15) is 31.4 Å². The maximum absolute atomic E-state index is 6.00. The van der Waals surface area contributed by atoms with Crippen molar-refractivity contribution < 1.29 is 4.74 Å². The van der Waals surface area contributed by atoms with E-state index in [1.807, 2.05) is 24.3 Å². The molecule has 0 spiro atoms. The molecule has 1 atom stereocenters. The predicted molar refractivity (Wildman–Crippen MR) is 54.8 cm³/mol. The van der Waals surface area contributed by atoms with Gasteiger partial charge >= 0.3 is 0 Å². The summed E-state index contributed by atoms with van der Waals surface area (Å²) >= 11 is 0. The molecule has 0 aliphatic rings. The van der Waals surface area contributed by atoms with Crippen LogP contribution in [0.2, 0.25) is 0 Å². The van der Waals surface area contributed by atoms with E-state index in [4.69, 9.17) is 10.5 Å². The summed E-state index contributed by atoms with van der Waals surface area (Å²) in [5.41, 5.74) is 7.11. The van der Waals surface area contributed by atoms with Crippen LogP contribution in [0.15, 0.2) is 24.3 Å². The van der Waals surface area contributed by atoms with Gasteiger partial charge in [-0.05, 0) is 12.5 Å². The monoisotopic (exact) mass is 179 g/mol. The average Bonchev–Trinajstić information content (AvgIpc) is 2.18. The molecular formula is C11H17NO. The van der Waals surface area contributed by atoms with Gasteiger partial charge < -0.3 is 10.5 Å². The minimum atomic E-state index is 0.0983. The van der Waals surface area contributed by atoms with Crippen LogP contribution >= 0.6 is 0 Å². The van der Waals surface area contributed by atoms with Gasteiger partial charge in [-0.1, -0.05) is 31.5 Å². The summed E-state index contributed by atoms with van der Waals surface area (Å²) in [7, 11) is 1.68. The van der Waals surface area contributed by atoms with Crippen LogP contribution < -0.4 is 10.5 Å². The third-order valence-electron chi connectivity index (χ3n) is 2.14. The largest absolute Gasteiger partial charge is 0.496 e. The fourth-order valence-electron chi connectivity index (χ4n) is 1.44. The Hall–Kier alpha value is -1.02. The Morgan fingerprint density at radius 3 is 2.69 bits per heavy atom. The van der Waals surface area contributed by atoms with E-state index in [-0.39, 0.29) is 6.04 Å². The van der Waals surface area contributed by atoms with Crippen LogP contribution in [0.4, 0.5) is 0 Å². The quantitative estimate of drug-likeness (QED) is 0.770. The highest BCUT2D eigenvalue weighted by atomic mass is 16.5. The summed E-state index contributed by atoms with van der Waals surface area (Å²) in [4.78, 5) is 0. The fraction of sp³-hybridized carbons (Fsp3) is 0.455. The molecule has 2 nitrogen and oxygen atoms in total. The van der Waals surface area contributed by atoms with Gasteiger partial charge in [-0.25, -0.2) is 0 Å².